The van der Waals surface area contributed by atoms with Gasteiger partial charge in [0.2, 0.25) is 0 Å². The summed E-state index contributed by atoms with van der Waals surface area (Å²) in [7, 11) is 1.99. The molecule has 0 aliphatic rings. The van der Waals surface area contributed by atoms with Crippen molar-refractivity contribution >= 4 is 23.4 Å². The zero-order chi connectivity index (χ0) is 14.3. The summed E-state index contributed by atoms with van der Waals surface area (Å²) in [4.78, 5) is 0. The van der Waals surface area contributed by atoms with Gasteiger partial charge in [-0.1, -0.05) is 32.4 Å². The average Bonchev–Trinajstić information content (AvgIpc) is 2.66. The van der Waals surface area contributed by atoms with Gasteiger partial charge >= 0.3 is 0 Å². The SMILES string of the molecule is CCCSCC(Cc1c(Cl)c(CC)nn1C)NCC. The summed E-state index contributed by atoms with van der Waals surface area (Å²) in [6.07, 6.45) is 3.08. The van der Waals surface area contributed by atoms with E-state index < -0.39 is 0 Å². The first-order chi connectivity index (χ1) is 9.13. The molecule has 1 N–H and O–H groups in total. The van der Waals surface area contributed by atoms with Crippen LogP contribution in [0.2, 0.25) is 5.02 Å². The molecule has 0 aromatic carbocycles. The van der Waals surface area contributed by atoms with E-state index in [0.717, 1.165) is 41.5 Å². The second-order valence-electron chi connectivity index (χ2n) is 4.72. The molecule has 0 bridgehead atoms. The quantitative estimate of drug-likeness (QED) is 0.710. The van der Waals surface area contributed by atoms with E-state index in [2.05, 4.69) is 31.2 Å². The van der Waals surface area contributed by atoms with Crippen LogP contribution in [0.5, 0.6) is 0 Å². The van der Waals surface area contributed by atoms with E-state index in [4.69, 9.17) is 11.6 Å². The highest BCUT2D eigenvalue weighted by Gasteiger charge is 2.17. The maximum Gasteiger partial charge on any atom is 0.0850 e. The van der Waals surface area contributed by atoms with Gasteiger partial charge in [0.1, 0.15) is 0 Å². The number of nitrogens with one attached hydrogen (secondary N) is 1. The van der Waals surface area contributed by atoms with Gasteiger partial charge in [-0.15, -0.1) is 0 Å². The van der Waals surface area contributed by atoms with Crippen LogP contribution < -0.4 is 5.32 Å². The Morgan fingerprint density at radius 3 is 2.63 bits per heavy atom. The molecule has 0 amide bonds. The summed E-state index contributed by atoms with van der Waals surface area (Å²) in [5.74, 6) is 2.35. The van der Waals surface area contributed by atoms with E-state index in [-0.39, 0.29) is 0 Å². The number of likely N-dealkylation sites (N-methyl/N-ethyl adjacent to an activating group) is 1. The lowest BCUT2D eigenvalue weighted by Crippen LogP contribution is -2.34. The molecule has 19 heavy (non-hydrogen) atoms. The molecular formula is C14H26ClN3S. The van der Waals surface area contributed by atoms with Crippen LogP contribution in [0.3, 0.4) is 0 Å². The fourth-order valence-electron chi connectivity index (χ4n) is 2.12. The largest absolute Gasteiger partial charge is 0.313 e. The molecule has 3 nitrogen and oxygen atoms in total. The maximum absolute atomic E-state index is 6.42. The highest BCUT2D eigenvalue weighted by Crippen LogP contribution is 2.22. The molecule has 1 aromatic rings. The molecule has 1 aromatic heterocycles. The maximum atomic E-state index is 6.42. The predicted octanol–water partition coefficient (Wildman–Crippen LogP) is 3.30. The zero-order valence-electron chi connectivity index (χ0n) is 12.5. The second kappa shape index (κ2) is 8.88. The molecule has 1 rings (SSSR count). The zero-order valence-corrected chi connectivity index (χ0v) is 14.1. The molecule has 0 radical (unpaired) electrons. The number of rotatable bonds is 9. The molecule has 110 valence electrons. The molecule has 0 saturated heterocycles. The van der Waals surface area contributed by atoms with Gasteiger partial charge in [0.15, 0.2) is 0 Å². The van der Waals surface area contributed by atoms with Crippen molar-refractivity contribution in [3.8, 4) is 0 Å². The van der Waals surface area contributed by atoms with E-state index in [1.165, 1.54) is 12.2 Å². The summed E-state index contributed by atoms with van der Waals surface area (Å²) < 4.78 is 1.94. The van der Waals surface area contributed by atoms with Gasteiger partial charge in [0, 0.05) is 25.3 Å². The summed E-state index contributed by atoms with van der Waals surface area (Å²) in [5.41, 5.74) is 2.16. The highest BCUT2D eigenvalue weighted by molar-refractivity contribution is 7.99. The van der Waals surface area contributed by atoms with E-state index in [1.54, 1.807) is 0 Å². The minimum atomic E-state index is 0.471. The van der Waals surface area contributed by atoms with Crippen LogP contribution >= 0.6 is 23.4 Å². The summed E-state index contributed by atoms with van der Waals surface area (Å²) in [5, 5.41) is 8.89. The summed E-state index contributed by atoms with van der Waals surface area (Å²) in [6, 6.07) is 0.471. The molecule has 1 atom stereocenters. The van der Waals surface area contributed by atoms with Crippen molar-refractivity contribution in [1.82, 2.24) is 15.1 Å². The third kappa shape index (κ3) is 5.01. The number of aromatic nitrogens is 2. The lowest BCUT2D eigenvalue weighted by atomic mass is 10.1. The molecule has 1 unspecified atom stereocenters. The van der Waals surface area contributed by atoms with Crippen molar-refractivity contribution in [2.24, 2.45) is 7.05 Å². The number of aryl methyl sites for hydroxylation is 2. The van der Waals surface area contributed by atoms with Crippen molar-refractivity contribution in [2.45, 2.75) is 46.1 Å². The predicted molar refractivity (Wildman–Crippen MR) is 86.4 cm³/mol. The fourth-order valence-corrected chi connectivity index (χ4v) is 3.47. The summed E-state index contributed by atoms with van der Waals surface area (Å²) in [6.45, 7) is 7.46. The van der Waals surface area contributed by atoms with Crippen LogP contribution in [-0.4, -0.2) is 33.9 Å². The minimum Gasteiger partial charge on any atom is -0.313 e. The molecular weight excluding hydrogens is 278 g/mol. The van der Waals surface area contributed by atoms with Gasteiger partial charge < -0.3 is 5.32 Å². The normalized spacial score (nSPS) is 12.9. The Morgan fingerprint density at radius 2 is 2.11 bits per heavy atom. The Labute approximate surface area is 126 Å². The lowest BCUT2D eigenvalue weighted by Gasteiger charge is -2.17. The summed E-state index contributed by atoms with van der Waals surface area (Å²) >= 11 is 8.43. The van der Waals surface area contributed by atoms with E-state index in [1.807, 2.05) is 23.5 Å². The third-order valence-electron chi connectivity index (χ3n) is 3.10. The first-order valence-electron chi connectivity index (χ1n) is 7.15. The van der Waals surface area contributed by atoms with Crippen molar-refractivity contribution in [2.75, 3.05) is 18.1 Å². The van der Waals surface area contributed by atoms with Crippen molar-refractivity contribution in [3.05, 3.63) is 16.4 Å². The van der Waals surface area contributed by atoms with Crippen molar-refractivity contribution < 1.29 is 0 Å². The first kappa shape index (κ1) is 16.9. The Hall–Kier alpha value is -0.190. The van der Waals surface area contributed by atoms with Crippen LogP contribution in [0.1, 0.15) is 38.6 Å². The van der Waals surface area contributed by atoms with Gasteiger partial charge in [0.05, 0.1) is 16.4 Å². The molecule has 1 heterocycles. The Balaban J connectivity index is 2.69. The van der Waals surface area contributed by atoms with E-state index in [9.17, 15) is 0 Å². The van der Waals surface area contributed by atoms with E-state index >= 15 is 0 Å². The van der Waals surface area contributed by atoms with Crippen LogP contribution in [0.4, 0.5) is 0 Å². The Bertz CT molecular complexity index is 379. The monoisotopic (exact) mass is 303 g/mol. The second-order valence-corrected chi connectivity index (χ2v) is 6.25. The molecule has 0 fully saturated rings. The standard InChI is InChI=1S/C14H26ClN3S/c1-5-8-19-10-11(16-7-3)9-13-14(15)12(6-2)17-18(13)4/h11,16H,5-10H2,1-4H3. The number of thioether (sulfide) groups is 1. The number of nitrogens with zero attached hydrogens (tertiary/aromatic N) is 2. The van der Waals surface area contributed by atoms with Crippen LogP contribution in [0, 0.1) is 0 Å². The molecule has 5 heteroatoms. The number of hydrogen-bond donors (Lipinski definition) is 1. The van der Waals surface area contributed by atoms with Gasteiger partial charge in [-0.3, -0.25) is 4.68 Å². The van der Waals surface area contributed by atoms with Crippen LogP contribution in [0.25, 0.3) is 0 Å². The lowest BCUT2D eigenvalue weighted by molar-refractivity contribution is 0.549. The highest BCUT2D eigenvalue weighted by atomic mass is 35.5. The van der Waals surface area contributed by atoms with Crippen LogP contribution in [0.15, 0.2) is 0 Å². The molecule has 0 aliphatic carbocycles. The molecule has 0 spiro atoms. The van der Waals surface area contributed by atoms with Gasteiger partial charge in [-0.2, -0.15) is 16.9 Å². The van der Waals surface area contributed by atoms with Crippen molar-refractivity contribution in [1.29, 1.82) is 0 Å². The average molecular weight is 304 g/mol. The van der Waals surface area contributed by atoms with Gasteiger partial charge in [0.25, 0.3) is 0 Å². The Kier molecular flexibility index (Phi) is 7.88. The van der Waals surface area contributed by atoms with Gasteiger partial charge in [-0.25, -0.2) is 0 Å². The smallest absolute Gasteiger partial charge is 0.0850 e. The molecule has 0 saturated carbocycles. The molecule has 0 aliphatic heterocycles. The topological polar surface area (TPSA) is 29.9 Å². The third-order valence-corrected chi connectivity index (χ3v) is 4.87. The number of hydrogen-bond acceptors (Lipinski definition) is 3. The van der Waals surface area contributed by atoms with Crippen LogP contribution in [-0.2, 0) is 19.9 Å². The minimum absolute atomic E-state index is 0.471. The number of halogens is 1. The van der Waals surface area contributed by atoms with Gasteiger partial charge in [-0.05, 0) is 25.1 Å². The Morgan fingerprint density at radius 1 is 1.37 bits per heavy atom. The van der Waals surface area contributed by atoms with Crippen molar-refractivity contribution in [3.63, 3.8) is 0 Å². The fraction of sp³-hybridized carbons (Fsp3) is 0.786. The first-order valence-corrected chi connectivity index (χ1v) is 8.68. The van der Waals surface area contributed by atoms with E-state index in [0.29, 0.717) is 6.04 Å².